The van der Waals surface area contributed by atoms with Crippen LogP contribution >= 0.6 is 0 Å². The van der Waals surface area contributed by atoms with Crippen molar-refractivity contribution in [3.63, 3.8) is 0 Å². The van der Waals surface area contributed by atoms with Crippen LogP contribution in [0.3, 0.4) is 0 Å². The average molecular weight is 284 g/mol. The molecule has 0 bridgehead atoms. The van der Waals surface area contributed by atoms with Gasteiger partial charge in [0.15, 0.2) is 21.4 Å². The van der Waals surface area contributed by atoms with Crippen LogP contribution in [0.5, 0.6) is 0 Å². The third-order valence-corrected chi connectivity index (χ3v) is 4.16. The van der Waals surface area contributed by atoms with E-state index in [1.165, 1.54) is 24.3 Å². The number of methoxy groups -OCH3 is 1. The lowest BCUT2D eigenvalue weighted by Gasteiger charge is -2.06. The number of carbonyl (C=O) groups is 2. The van der Waals surface area contributed by atoms with Gasteiger partial charge in [-0.2, -0.15) is 0 Å². The van der Waals surface area contributed by atoms with Gasteiger partial charge in [-0.25, -0.2) is 8.42 Å². The first-order chi connectivity index (χ1) is 8.77. The Kier molecular flexibility index (Phi) is 4.83. The van der Waals surface area contributed by atoms with Crippen molar-refractivity contribution in [2.45, 2.75) is 18.7 Å². The number of hydrogen-bond donors (Lipinski definition) is 0. The monoisotopic (exact) mass is 284 g/mol. The van der Waals surface area contributed by atoms with Crippen molar-refractivity contribution < 1.29 is 22.7 Å². The molecule has 6 heteroatoms. The molecule has 104 valence electrons. The predicted molar refractivity (Wildman–Crippen MR) is 69.7 cm³/mol. The lowest BCUT2D eigenvalue weighted by atomic mass is 10.0. The Hall–Kier alpha value is -1.69. The summed E-state index contributed by atoms with van der Waals surface area (Å²) in [5.41, 5.74) is 0.451. The highest BCUT2D eigenvalue weighted by Crippen LogP contribution is 2.15. The van der Waals surface area contributed by atoms with Crippen LogP contribution in [0.4, 0.5) is 0 Å². The summed E-state index contributed by atoms with van der Waals surface area (Å²) in [5, 5.41) is 0. The molecule has 0 N–H and O–H groups in total. The third-order valence-electron chi connectivity index (χ3n) is 2.56. The normalized spacial score (nSPS) is 11.4. The van der Waals surface area contributed by atoms with E-state index in [2.05, 4.69) is 4.74 Å². The first-order valence-corrected chi connectivity index (χ1v) is 7.37. The van der Waals surface area contributed by atoms with Gasteiger partial charge in [0.05, 0.1) is 12.0 Å². The van der Waals surface area contributed by atoms with Crippen LogP contribution in [-0.2, 0) is 19.4 Å². The second kappa shape index (κ2) is 5.97. The van der Waals surface area contributed by atoms with Crippen molar-refractivity contribution in [1.82, 2.24) is 0 Å². The minimum Gasteiger partial charge on any atom is -0.468 e. The number of esters is 1. The number of ketones is 1. The van der Waals surface area contributed by atoms with E-state index in [4.69, 9.17) is 0 Å². The molecule has 0 heterocycles. The second-order valence-corrected chi connectivity index (χ2v) is 6.37. The SMILES string of the molecule is COC(=O)CS(=O)(=O)c1ccc(C(=O)C(C)C)cc1. The molecular weight excluding hydrogens is 268 g/mol. The standard InChI is InChI=1S/C13H16O5S/c1-9(2)13(15)10-4-6-11(7-5-10)19(16,17)8-12(14)18-3/h4-7,9H,8H2,1-3H3. The van der Waals surface area contributed by atoms with E-state index in [-0.39, 0.29) is 16.6 Å². The predicted octanol–water partition coefficient (Wildman–Crippen LogP) is 1.47. The smallest absolute Gasteiger partial charge is 0.321 e. The van der Waals surface area contributed by atoms with Crippen molar-refractivity contribution in [3.05, 3.63) is 29.8 Å². The largest absolute Gasteiger partial charge is 0.468 e. The van der Waals surface area contributed by atoms with Gasteiger partial charge in [0, 0.05) is 11.5 Å². The van der Waals surface area contributed by atoms with Crippen LogP contribution in [0.1, 0.15) is 24.2 Å². The highest BCUT2D eigenvalue weighted by atomic mass is 32.2. The number of ether oxygens (including phenoxy) is 1. The molecule has 0 amide bonds. The topological polar surface area (TPSA) is 77.5 Å². The highest BCUT2D eigenvalue weighted by Gasteiger charge is 2.20. The quantitative estimate of drug-likeness (QED) is 0.604. The maximum Gasteiger partial charge on any atom is 0.321 e. The molecule has 0 saturated carbocycles. The van der Waals surface area contributed by atoms with Gasteiger partial charge < -0.3 is 4.74 Å². The molecule has 19 heavy (non-hydrogen) atoms. The van der Waals surface area contributed by atoms with E-state index >= 15 is 0 Å². The zero-order chi connectivity index (χ0) is 14.6. The van der Waals surface area contributed by atoms with Crippen LogP contribution in [0.2, 0.25) is 0 Å². The third kappa shape index (κ3) is 3.89. The van der Waals surface area contributed by atoms with Gasteiger partial charge >= 0.3 is 5.97 Å². The fourth-order valence-electron chi connectivity index (χ4n) is 1.46. The fraction of sp³-hybridized carbons (Fsp3) is 0.385. The number of Topliss-reactive ketones (excluding diaryl/α,β-unsaturated/α-hetero) is 1. The van der Waals surface area contributed by atoms with Gasteiger partial charge in [0.1, 0.15) is 0 Å². The van der Waals surface area contributed by atoms with Crippen LogP contribution < -0.4 is 0 Å². The zero-order valence-electron chi connectivity index (χ0n) is 11.0. The molecule has 0 atom stereocenters. The molecular formula is C13H16O5S. The lowest BCUT2D eigenvalue weighted by molar-refractivity contribution is -0.137. The zero-order valence-corrected chi connectivity index (χ0v) is 11.9. The second-order valence-electron chi connectivity index (χ2n) is 4.38. The fourth-order valence-corrected chi connectivity index (χ4v) is 2.60. The minimum atomic E-state index is -3.72. The molecule has 0 aliphatic rings. The Morgan fingerprint density at radius 3 is 2.11 bits per heavy atom. The average Bonchev–Trinajstić information content (AvgIpc) is 2.37. The molecule has 1 aromatic carbocycles. The van der Waals surface area contributed by atoms with Gasteiger partial charge in [0.2, 0.25) is 0 Å². The van der Waals surface area contributed by atoms with E-state index < -0.39 is 21.6 Å². The van der Waals surface area contributed by atoms with Gasteiger partial charge in [-0.15, -0.1) is 0 Å². The van der Waals surface area contributed by atoms with Crippen molar-refractivity contribution >= 4 is 21.6 Å². The van der Waals surface area contributed by atoms with E-state index in [0.29, 0.717) is 5.56 Å². The Morgan fingerprint density at radius 2 is 1.68 bits per heavy atom. The summed E-state index contributed by atoms with van der Waals surface area (Å²) >= 11 is 0. The number of benzene rings is 1. The molecule has 0 fully saturated rings. The van der Waals surface area contributed by atoms with Crippen LogP contribution in [-0.4, -0.2) is 33.0 Å². The summed E-state index contributed by atoms with van der Waals surface area (Å²) in [6, 6.07) is 5.56. The van der Waals surface area contributed by atoms with Crippen molar-refractivity contribution in [2.24, 2.45) is 5.92 Å². The van der Waals surface area contributed by atoms with Gasteiger partial charge in [-0.3, -0.25) is 9.59 Å². The first kappa shape index (κ1) is 15.4. The number of sulfone groups is 1. The molecule has 0 spiro atoms. The Bertz CT molecular complexity index is 570. The molecule has 1 rings (SSSR count). The van der Waals surface area contributed by atoms with Gasteiger partial charge in [0.25, 0.3) is 0 Å². The molecule has 1 aromatic rings. The van der Waals surface area contributed by atoms with E-state index in [1.54, 1.807) is 13.8 Å². The van der Waals surface area contributed by atoms with Crippen molar-refractivity contribution in [2.75, 3.05) is 12.9 Å². The molecule has 0 unspecified atom stereocenters. The summed E-state index contributed by atoms with van der Waals surface area (Å²) in [4.78, 5) is 22.7. The Morgan fingerprint density at radius 1 is 1.16 bits per heavy atom. The maximum atomic E-state index is 11.8. The minimum absolute atomic E-state index is 0.00166. The van der Waals surface area contributed by atoms with E-state index in [1.807, 2.05) is 0 Å². The summed E-state index contributed by atoms with van der Waals surface area (Å²) in [5.74, 6) is -1.74. The highest BCUT2D eigenvalue weighted by molar-refractivity contribution is 7.92. The van der Waals surface area contributed by atoms with Crippen LogP contribution in [0.15, 0.2) is 29.2 Å². The van der Waals surface area contributed by atoms with Crippen LogP contribution in [0, 0.1) is 5.92 Å². The van der Waals surface area contributed by atoms with Crippen LogP contribution in [0.25, 0.3) is 0 Å². The summed E-state index contributed by atoms with van der Waals surface area (Å²) < 4.78 is 28.0. The summed E-state index contributed by atoms with van der Waals surface area (Å²) in [7, 11) is -2.59. The molecule has 0 saturated heterocycles. The van der Waals surface area contributed by atoms with E-state index in [0.717, 1.165) is 7.11 Å². The Labute approximate surface area is 112 Å². The lowest BCUT2D eigenvalue weighted by Crippen LogP contribution is -2.17. The van der Waals surface area contributed by atoms with Gasteiger partial charge in [-0.1, -0.05) is 26.0 Å². The molecule has 5 nitrogen and oxygen atoms in total. The van der Waals surface area contributed by atoms with Gasteiger partial charge in [-0.05, 0) is 12.1 Å². The molecule has 0 aromatic heterocycles. The molecule has 0 aliphatic carbocycles. The van der Waals surface area contributed by atoms with Crippen molar-refractivity contribution in [3.8, 4) is 0 Å². The molecule has 0 aliphatic heterocycles. The number of carbonyl (C=O) groups excluding carboxylic acids is 2. The van der Waals surface area contributed by atoms with E-state index in [9.17, 15) is 18.0 Å². The number of hydrogen-bond acceptors (Lipinski definition) is 5. The maximum absolute atomic E-state index is 11.8. The number of rotatable bonds is 5. The Balaban J connectivity index is 2.99. The van der Waals surface area contributed by atoms with Crippen molar-refractivity contribution in [1.29, 1.82) is 0 Å². The molecule has 0 radical (unpaired) electrons. The summed E-state index contributed by atoms with van der Waals surface area (Å²) in [6.07, 6.45) is 0. The first-order valence-electron chi connectivity index (χ1n) is 5.72. The summed E-state index contributed by atoms with van der Waals surface area (Å²) in [6.45, 7) is 3.54.